The van der Waals surface area contributed by atoms with E-state index in [4.69, 9.17) is 0 Å². The van der Waals surface area contributed by atoms with E-state index in [-0.39, 0.29) is 10.8 Å². The molecule has 1 aliphatic heterocycles. The van der Waals surface area contributed by atoms with Crippen molar-refractivity contribution in [2.75, 3.05) is 11.4 Å². The molecule has 0 aliphatic carbocycles. The number of anilines is 1. The van der Waals surface area contributed by atoms with Gasteiger partial charge in [0.1, 0.15) is 10.1 Å². The number of carbonyl (C=O) groups excluding carboxylic acids is 1. The van der Waals surface area contributed by atoms with E-state index in [0.29, 0.717) is 28.6 Å². The molecule has 1 heterocycles. The van der Waals surface area contributed by atoms with Crippen molar-refractivity contribution < 1.29 is 17.8 Å². The highest BCUT2D eigenvalue weighted by Gasteiger charge is 2.29. The number of hydrogen-bond donors (Lipinski definition) is 0. The fourth-order valence-corrected chi connectivity index (χ4v) is 3.23. The Balaban J connectivity index is 2.48. The van der Waals surface area contributed by atoms with Crippen LogP contribution >= 0.6 is 0 Å². The summed E-state index contributed by atoms with van der Waals surface area (Å²) in [5, 5.41) is 0.862. The van der Waals surface area contributed by atoms with Gasteiger partial charge < -0.3 is 9.45 Å². The van der Waals surface area contributed by atoms with Crippen LogP contribution < -0.4 is 4.90 Å². The number of carbonyl (C=O) groups is 1. The first-order chi connectivity index (χ1) is 8.95. The minimum atomic E-state index is -4.56. The maximum atomic E-state index is 12.2. The van der Waals surface area contributed by atoms with Gasteiger partial charge in [-0.15, -0.1) is 0 Å². The molecule has 0 N–H and O–H groups in total. The summed E-state index contributed by atoms with van der Waals surface area (Å²) >= 11 is 0. The van der Waals surface area contributed by atoms with Gasteiger partial charge in [-0.25, -0.2) is 8.42 Å². The quantitative estimate of drug-likeness (QED) is 0.782. The zero-order valence-corrected chi connectivity index (χ0v) is 10.9. The van der Waals surface area contributed by atoms with Gasteiger partial charge >= 0.3 is 0 Å². The van der Waals surface area contributed by atoms with Gasteiger partial charge in [0.05, 0.1) is 10.6 Å². The minimum Gasteiger partial charge on any atom is -0.744 e. The second-order valence-corrected chi connectivity index (χ2v) is 5.66. The molecule has 5 nitrogen and oxygen atoms in total. The SMILES string of the molecule is CCN1C(=O)c2cccc3c(S(=O)(=O)[O-])ccc1c23. The molecular formula is C13H10NO4S-. The molecule has 2 aromatic carbocycles. The zero-order chi connectivity index (χ0) is 13.8. The molecule has 0 radical (unpaired) electrons. The molecule has 0 atom stereocenters. The van der Waals surface area contributed by atoms with E-state index in [9.17, 15) is 17.8 Å². The van der Waals surface area contributed by atoms with Crippen LogP contribution in [-0.4, -0.2) is 25.4 Å². The van der Waals surface area contributed by atoms with Crippen molar-refractivity contribution >= 4 is 32.5 Å². The van der Waals surface area contributed by atoms with Crippen LogP contribution in [0.25, 0.3) is 10.8 Å². The number of amides is 1. The number of rotatable bonds is 2. The Morgan fingerprint density at radius 2 is 1.95 bits per heavy atom. The predicted molar refractivity (Wildman–Crippen MR) is 69.3 cm³/mol. The Bertz CT molecular complexity index is 811. The fraction of sp³-hybridized carbons (Fsp3) is 0.154. The highest BCUT2D eigenvalue weighted by Crippen LogP contribution is 2.39. The average Bonchev–Trinajstić information content (AvgIpc) is 2.63. The molecule has 1 amide bonds. The highest BCUT2D eigenvalue weighted by molar-refractivity contribution is 7.86. The number of hydrogen-bond acceptors (Lipinski definition) is 4. The second-order valence-electron chi connectivity index (χ2n) is 4.31. The molecular weight excluding hydrogens is 266 g/mol. The van der Waals surface area contributed by atoms with Crippen LogP contribution in [-0.2, 0) is 10.1 Å². The molecule has 0 spiro atoms. The van der Waals surface area contributed by atoms with Crippen molar-refractivity contribution in [2.24, 2.45) is 0 Å². The third kappa shape index (κ3) is 1.57. The normalized spacial score (nSPS) is 14.4. The Morgan fingerprint density at radius 3 is 2.58 bits per heavy atom. The van der Waals surface area contributed by atoms with Gasteiger partial charge in [-0.05, 0) is 25.1 Å². The van der Waals surface area contributed by atoms with E-state index >= 15 is 0 Å². The summed E-state index contributed by atoms with van der Waals surface area (Å²) in [6.45, 7) is 2.33. The van der Waals surface area contributed by atoms with Crippen LogP contribution in [0.15, 0.2) is 35.2 Å². The van der Waals surface area contributed by atoms with Crippen LogP contribution in [0.2, 0.25) is 0 Å². The largest absolute Gasteiger partial charge is 0.744 e. The second kappa shape index (κ2) is 3.79. The summed E-state index contributed by atoms with van der Waals surface area (Å²) in [6, 6.07) is 7.58. The average molecular weight is 276 g/mol. The van der Waals surface area contributed by atoms with Gasteiger partial charge in [-0.1, -0.05) is 12.1 Å². The first-order valence-corrected chi connectivity index (χ1v) is 7.19. The summed E-state index contributed by atoms with van der Waals surface area (Å²) < 4.78 is 33.8. The lowest BCUT2D eigenvalue weighted by molar-refractivity contribution is 0.0994. The van der Waals surface area contributed by atoms with E-state index in [1.807, 2.05) is 6.92 Å². The van der Waals surface area contributed by atoms with Crippen molar-refractivity contribution in [3.8, 4) is 0 Å². The van der Waals surface area contributed by atoms with Crippen molar-refractivity contribution in [1.82, 2.24) is 0 Å². The Hall–Kier alpha value is -1.92. The lowest BCUT2D eigenvalue weighted by Crippen LogP contribution is -2.25. The van der Waals surface area contributed by atoms with E-state index in [1.165, 1.54) is 12.1 Å². The Morgan fingerprint density at radius 1 is 1.21 bits per heavy atom. The first kappa shape index (κ1) is 12.1. The van der Waals surface area contributed by atoms with Crippen molar-refractivity contribution in [1.29, 1.82) is 0 Å². The first-order valence-electron chi connectivity index (χ1n) is 5.78. The molecule has 2 aromatic rings. The monoisotopic (exact) mass is 276 g/mol. The molecule has 1 aliphatic rings. The molecule has 0 saturated heterocycles. The zero-order valence-electron chi connectivity index (χ0n) is 10.1. The maximum Gasteiger partial charge on any atom is 0.258 e. The third-order valence-electron chi connectivity index (χ3n) is 3.33. The molecule has 6 heteroatoms. The van der Waals surface area contributed by atoms with Gasteiger partial charge in [0.2, 0.25) is 0 Å². The van der Waals surface area contributed by atoms with Crippen LogP contribution in [0.4, 0.5) is 5.69 Å². The van der Waals surface area contributed by atoms with Crippen molar-refractivity contribution in [2.45, 2.75) is 11.8 Å². The highest BCUT2D eigenvalue weighted by atomic mass is 32.2. The minimum absolute atomic E-state index is 0.163. The third-order valence-corrected chi connectivity index (χ3v) is 4.23. The topological polar surface area (TPSA) is 77.5 Å². The standard InChI is InChI=1S/C13H11NO4S/c1-2-14-10-6-7-11(19(16,17)18)8-4-3-5-9(12(8)10)13(14)15/h3-7H,2H2,1H3,(H,16,17,18)/p-1. The van der Waals surface area contributed by atoms with Crippen LogP contribution in [0.1, 0.15) is 17.3 Å². The number of benzene rings is 2. The molecule has 0 unspecified atom stereocenters. The molecule has 0 saturated carbocycles. The summed E-state index contributed by atoms with van der Waals surface area (Å²) in [5.41, 5.74) is 1.10. The lowest BCUT2D eigenvalue weighted by atomic mass is 10.1. The summed E-state index contributed by atoms with van der Waals surface area (Å²) in [5.74, 6) is -0.163. The van der Waals surface area contributed by atoms with E-state index in [2.05, 4.69) is 0 Å². The van der Waals surface area contributed by atoms with Gasteiger partial charge in [0, 0.05) is 22.9 Å². The molecule has 3 rings (SSSR count). The van der Waals surface area contributed by atoms with Gasteiger partial charge in [-0.2, -0.15) is 0 Å². The molecule has 0 aromatic heterocycles. The molecule has 98 valence electrons. The van der Waals surface area contributed by atoms with Crippen LogP contribution in [0, 0.1) is 0 Å². The van der Waals surface area contributed by atoms with Crippen molar-refractivity contribution in [3.05, 3.63) is 35.9 Å². The van der Waals surface area contributed by atoms with Gasteiger partial charge in [-0.3, -0.25) is 4.79 Å². The van der Waals surface area contributed by atoms with Gasteiger partial charge in [0.15, 0.2) is 0 Å². The smallest absolute Gasteiger partial charge is 0.258 e. The van der Waals surface area contributed by atoms with Crippen LogP contribution in [0.5, 0.6) is 0 Å². The Kier molecular flexibility index (Phi) is 2.42. The summed E-state index contributed by atoms with van der Waals surface area (Å²) in [4.78, 5) is 13.5. The van der Waals surface area contributed by atoms with E-state index in [0.717, 1.165) is 0 Å². The van der Waals surface area contributed by atoms with E-state index < -0.39 is 10.1 Å². The maximum absolute atomic E-state index is 12.2. The number of nitrogens with zero attached hydrogens (tertiary/aromatic N) is 1. The van der Waals surface area contributed by atoms with Gasteiger partial charge in [0.25, 0.3) is 5.91 Å². The predicted octanol–water partition coefficient (Wildman–Crippen LogP) is 1.72. The van der Waals surface area contributed by atoms with Crippen LogP contribution in [0.3, 0.4) is 0 Å². The molecule has 19 heavy (non-hydrogen) atoms. The molecule has 0 bridgehead atoms. The lowest BCUT2D eigenvalue weighted by Gasteiger charge is -2.16. The van der Waals surface area contributed by atoms with Crippen molar-refractivity contribution in [3.63, 3.8) is 0 Å². The van der Waals surface area contributed by atoms with E-state index in [1.54, 1.807) is 23.1 Å². The summed E-state index contributed by atoms with van der Waals surface area (Å²) in [7, 11) is -4.56. The molecule has 0 fully saturated rings. The summed E-state index contributed by atoms with van der Waals surface area (Å²) in [6.07, 6.45) is 0. The Labute approximate surface area is 110 Å². The fourth-order valence-electron chi connectivity index (χ4n) is 2.55.